The van der Waals surface area contributed by atoms with Gasteiger partial charge in [0.1, 0.15) is 0 Å². The second kappa shape index (κ2) is 6.54. The number of aliphatic hydroxyl groups is 1. The first-order valence-corrected chi connectivity index (χ1v) is 10.0. The number of anilines is 1. The number of nitrogens with one attached hydrogen (secondary N) is 2. The number of alkyl halides is 3. The molecule has 1 amide bonds. The van der Waals surface area contributed by atoms with E-state index in [1.165, 1.54) is 30.3 Å². The molecule has 0 aromatic heterocycles. The Morgan fingerprint density at radius 3 is 2.14 bits per heavy atom. The van der Waals surface area contributed by atoms with Crippen LogP contribution in [0.1, 0.15) is 37.5 Å². The number of carbonyl (C=O) groups excluding carboxylic acids is 1. The summed E-state index contributed by atoms with van der Waals surface area (Å²) >= 11 is 0. The van der Waals surface area contributed by atoms with E-state index >= 15 is 0 Å². The molecule has 1 aliphatic heterocycles. The van der Waals surface area contributed by atoms with Crippen molar-refractivity contribution in [3.8, 4) is 0 Å². The van der Waals surface area contributed by atoms with E-state index in [-0.39, 0.29) is 16.0 Å². The topological polar surface area (TPSA) is 95.5 Å². The van der Waals surface area contributed by atoms with Crippen LogP contribution in [0.2, 0.25) is 0 Å². The zero-order chi connectivity index (χ0) is 21.8. The van der Waals surface area contributed by atoms with Gasteiger partial charge in [0.05, 0.1) is 16.1 Å². The van der Waals surface area contributed by atoms with Crippen molar-refractivity contribution in [2.45, 2.75) is 43.0 Å². The maximum atomic E-state index is 13.2. The number of hydrogen-bond acceptors (Lipinski definition) is 4. The molecule has 0 radical (unpaired) electrons. The van der Waals surface area contributed by atoms with Crippen molar-refractivity contribution in [3.05, 3.63) is 59.2 Å². The summed E-state index contributed by atoms with van der Waals surface area (Å²) in [7, 11) is -3.86. The van der Waals surface area contributed by atoms with Gasteiger partial charge in [0.15, 0.2) is 5.60 Å². The van der Waals surface area contributed by atoms with E-state index in [2.05, 4.69) is 10.0 Å². The van der Waals surface area contributed by atoms with Gasteiger partial charge in [0.25, 0.3) is 5.91 Å². The van der Waals surface area contributed by atoms with Gasteiger partial charge in [-0.1, -0.05) is 24.3 Å². The smallest absolute Gasteiger partial charge is 0.372 e. The van der Waals surface area contributed by atoms with E-state index in [0.29, 0.717) is 0 Å². The first-order valence-electron chi connectivity index (χ1n) is 8.55. The van der Waals surface area contributed by atoms with Crippen LogP contribution >= 0.6 is 0 Å². The molecule has 0 fully saturated rings. The number of fused-ring (bicyclic) bond motifs is 1. The van der Waals surface area contributed by atoms with Crippen LogP contribution in [-0.2, 0) is 26.6 Å². The summed E-state index contributed by atoms with van der Waals surface area (Å²) in [6, 6.07) is 7.88. The summed E-state index contributed by atoms with van der Waals surface area (Å²) in [6.07, 6.45) is -4.72. The van der Waals surface area contributed by atoms with Gasteiger partial charge < -0.3 is 10.4 Å². The number of amides is 1. The third-order valence-corrected chi connectivity index (χ3v) is 6.12. The fourth-order valence-electron chi connectivity index (χ4n) is 3.17. The van der Waals surface area contributed by atoms with Crippen LogP contribution in [-0.4, -0.2) is 25.0 Å². The second-order valence-electron chi connectivity index (χ2n) is 7.77. The Bertz CT molecular complexity index is 1070. The Morgan fingerprint density at radius 2 is 1.62 bits per heavy atom. The average Bonchev–Trinajstić information content (AvgIpc) is 2.84. The van der Waals surface area contributed by atoms with Crippen molar-refractivity contribution in [2.75, 3.05) is 5.32 Å². The standard InChI is InChI=1S/C19H19F3N2O4S/c1-17(2,3)24-29(27,28)12-9-7-11(8-10-12)18(26)13-5-4-6-14(19(20,21)22)15(13)23-16(18)25/h4-10,24,26H,1-3H3,(H,23,25). The monoisotopic (exact) mass is 428 g/mol. The number of rotatable bonds is 3. The highest BCUT2D eigenvalue weighted by atomic mass is 32.2. The minimum Gasteiger partial charge on any atom is -0.372 e. The Kier molecular flexibility index (Phi) is 4.80. The lowest BCUT2D eigenvalue weighted by molar-refractivity contribution is -0.136. The molecule has 6 nitrogen and oxygen atoms in total. The first kappa shape index (κ1) is 21.3. The lowest BCUT2D eigenvalue weighted by Gasteiger charge is -2.23. The maximum Gasteiger partial charge on any atom is 0.418 e. The van der Waals surface area contributed by atoms with Crippen molar-refractivity contribution >= 4 is 21.6 Å². The molecular formula is C19H19F3N2O4S. The van der Waals surface area contributed by atoms with Gasteiger partial charge in [0, 0.05) is 11.1 Å². The predicted octanol–water partition coefficient (Wildman–Crippen LogP) is 2.97. The fourth-order valence-corrected chi connectivity index (χ4v) is 4.59. The van der Waals surface area contributed by atoms with Crippen LogP contribution in [0.4, 0.5) is 18.9 Å². The second-order valence-corrected chi connectivity index (χ2v) is 9.45. The van der Waals surface area contributed by atoms with Crippen LogP contribution in [0, 0.1) is 0 Å². The minimum absolute atomic E-state index is 0.0530. The van der Waals surface area contributed by atoms with Gasteiger partial charge in [0.2, 0.25) is 10.0 Å². The lowest BCUT2D eigenvalue weighted by Crippen LogP contribution is -2.40. The van der Waals surface area contributed by atoms with Crippen molar-refractivity contribution < 1.29 is 31.5 Å². The van der Waals surface area contributed by atoms with Crippen molar-refractivity contribution in [1.29, 1.82) is 0 Å². The third-order valence-electron chi connectivity index (χ3n) is 4.35. The van der Waals surface area contributed by atoms with Gasteiger partial charge in [-0.2, -0.15) is 13.2 Å². The Morgan fingerprint density at radius 1 is 1.03 bits per heavy atom. The van der Waals surface area contributed by atoms with E-state index in [1.807, 2.05) is 0 Å². The van der Waals surface area contributed by atoms with E-state index in [9.17, 15) is 31.5 Å². The van der Waals surface area contributed by atoms with Crippen LogP contribution in [0.5, 0.6) is 0 Å². The average molecular weight is 428 g/mol. The number of carbonyl (C=O) groups is 1. The summed E-state index contributed by atoms with van der Waals surface area (Å²) in [5.41, 5.74) is -5.00. The normalized spacial score (nSPS) is 19.8. The molecule has 0 spiro atoms. The predicted molar refractivity (Wildman–Crippen MR) is 99.6 cm³/mol. The summed E-state index contributed by atoms with van der Waals surface area (Å²) in [4.78, 5) is 12.3. The molecule has 0 saturated carbocycles. The molecule has 2 aromatic carbocycles. The highest BCUT2D eigenvalue weighted by Crippen LogP contribution is 2.46. The van der Waals surface area contributed by atoms with Gasteiger partial charge in [-0.25, -0.2) is 13.1 Å². The van der Waals surface area contributed by atoms with Gasteiger partial charge in [-0.3, -0.25) is 4.79 Å². The molecule has 1 heterocycles. The Balaban J connectivity index is 2.06. The van der Waals surface area contributed by atoms with E-state index in [0.717, 1.165) is 12.1 Å². The number of benzene rings is 2. The molecule has 0 bridgehead atoms. The number of hydrogen-bond donors (Lipinski definition) is 3. The fraction of sp³-hybridized carbons (Fsp3) is 0.316. The molecule has 1 aliphatic rings. The van der Waals surface area contributed by atoms with Crippen LogP contribution in [0.25, 0.3) is 0 Å². The SMILES string of the molecule is CC(C)(C)NS(=O)(=O)c1ccc(C2(O)C(=O)Nc3c(C(F)(F)F)cccc32)cc1. The molecule has 0 saturated heterocycles. The Hall–Kier alpha value is -2.43. The van der Waals surface area contributed by atoms with Crippen LogP contribution in [0.15, 0.2) is 47.4 Å². The summed E-state index contributed by atoms with van der Waals surface area (Å²) in [6.45, 7) is 5.00. The molecule has 10 heteroatoms. The van der Waals surface area contributed by atoms with Crippen molar-refractivity contribution in [1.82, 2.24) is 4.72 Å². The molecule has 3 rings (SSSR count). The summed E-state index contributed by atoms with van der Waals surface area (Å²) in [5.74, 6) is -1.05. The molecule has 1 atom stereocenters. The van der Waals surface area contributed by atoms with Crippen molar-refractivity contribution in [2.24, 2.45) is 0 Å². The number of para-hydroxylation sites is 1. The van der Waals surface area contributed by atoms with Crippen LogP contribution < -0.4 is 10.0 Å². The molecule has 2 aromatic rings. The highest BCUT2D eigenvalue weighted by Gasteiger charge is 2.50. The Labute approximate surface area is 165 Å². The molecule has 0 aliphatic carbocycles. The summed E-state index contributed by atoms with van der Waals surface area (Å²) in [5, 5.41) is 13.1. The molecule has 29 heavy (non-hydrogen) atoms. The first-order chi connectivity index (χ1) is 13.2. The largest absolute Gasteiger partial charge is 0.418 e. The number of sulfonamides is 1. The minimum atomic E-state index is -4.72. The highest BCUT2D eigenvalue weighted by molar-refractivity contribution is 7.89. The molecule has 1 unspecified atom stereocenters. The third kappa shape index (κ3) is 3.75. The maximum absolute atomic E-state index is 13.2. The number of halogens is 3. The van der Waals surface area contributed by atoms with Crippen LogP contribution in [0.3, 0.4) is 0 Å². The lowest BCUT2D eigenvalue weighted by atomic mass is 9.87. The molecular weight excluding hydrogens is 409 g/mol. The molecule has 156 valence electrons. The van der Waals surface area contributed by atoms with E-state index in [4.69, 9.17) is 0 Å². The van der Waals surface area contributed by atoms with Gasteiger partial charge in [-0.15, -0.1) is 0 Å². The van der Waals surface area contributed by atoms with E-state index < -0.39 is 44.5 Å². The summed E-state index contributed by atoms with van der Waals surface area (Å²) < 4.78 is 67.0. The molecule has 3 N–H and O–H groups in total. The van der Waals surface area contributed by atoms with Gasteiger partial charge >= 0.3 is 6.18 Å². The van der Waals surface area contributed by atoms with E-state index in [1.54, 1.807) is 20.8 Å². The van der Waals surface area contributed by atoms with Crippen molar-refractivity contribution in [3.63, 3.8) is 0 Å². The zero-order valence-corrected chi connectivity index (χ0v) is 16.6. The van der Waals surface area contributed by atoms with Gasteiger partial charge in [-0.05, 0) is 44.5 Å². The quantitative estimate of drug-likeness (QED) is 0.701. The zero-order valence-electron chi connectivity index (χ0n) is 15.8.